The number of nitrogens with two attached hydrogens (primary N) is 1. The zero-order chi connectivity index (χ0) is 17.7. The van der Waals surface area contributed by atoms with Crippen LogP contribution in [0.2, 0.25) is 0 Å². The van der Waals surface area contributed by atoms with Gasteiger partial charge >= 0.3 is 12.1 Å². The first-order chi connectivity index (χ1) is 9.71. The van der Waals surface area contributed by atoms with E-state index in [9.17, 15) is 9.59 Å². The van der Waals surface area contributed by atoms with Crippen molar-refractivity contribution in [2.45, 2.75) is 72.1 Å². The number of hydrogen-bond acceptors (Lipinski definition) is 5. The first-order valence-electron chi connectivity index (χ1n) is 7.25. The largest absolute Gasteiger partial charge is 0.460 e. The highest BCUT2D eigenvalue weighted by Gasteiger charge is 2.29. The van der Waals surface area contributed by atoms with Crippen molar-refractivity contribution in [1.82, 2.24) is 4.90 Å². The zero-order valence-corrected chi connectivity index (χ0v) is 14.6. The molecule has 0 aromatic carbocycles. The molecule has 0 aromatic heterocycles. The molecule has 0 aliphatic rings. The maximum Gasteiger partial charge on any atom is 0.410 e. The van der Waals surface area contributed by atoms with Crippen molar-refractivity contribution in [2.24, 2.45) is 5.73 Å². The Balaban J connectivity index is 4.91. The standard InChI is InChI=1S/C15H29N3O4/c1-10(8-12(19)21-14(2,3)4)18(9-11(16)17)13(20)22-15(5,6)7/h10H,8-9H2,1-7H3,(H3,16,17). The van der Waals surface area contributed by atoms with Crippen molar-refractivity contribution in [3.8, 4) is 0 Å². The number of carbonyl (C=O) groups excluding carboxylic acids is 2. The Morgan fingerprint density at radius 1 is 1.09 bits per heavy atom. The molecule has 0 saturated heterocycles. The third kappa shape index (κ3) is 9.20. The molecule has 1 amide bonds. The van der Waals surface area contributed by atoms with Crippen molar-refractivity contribution in [1.29, 1.82) is 5.41 Å². The SMILES string of the molecule is CC(CC(=O)OC(C)(C)C)N(CC(=N)N)C(=O)OC(C)(C)C. The van der Waals surface area contributed by atoms with Crippen LogP contribution < -0.4 is 5.73 Å². The molecule has 1 atom stereocenters. The number of ether oxygens (including phenoxy) is 2. The minimum absolute atomic E-state index is 0.00376. The normalized spacial score (nSPS) is 13.2. The van der Waals surface area contributed by atoms with Gasteiger partial charge in [-0.05, 0) is 48.5 Å². The van der Waals surface area contributed by atoms with Crippen LogP contribution in [0.25, 0.3) is 0 Å². The van der Waals surface area contributed by atoms with Gasteiger partial charge in [0.15, 0.2) is 0 Å². The number of nitrogens with one attached hydrogen (secondary N) is 1. The summed E-state index contributed by atoms with van der Waals surface area (Å²) >= 11 is 0. The second-order valence-corrected chi connectivity index (χ2v) is 7.27. The summed E-state index contributed by atoms with van der Waals surface area (Å²) in [7, 11) is 0. The molecule has 0 rings (SSSR count). The molecular weight excluding hydrogens is 286 g/mol. The van der Waals surface area contributed by atoms with Gasteiger partial charge in [0.25, 0.3) is 0 Å². The molecule has 0 aliphatic carbocycles. The smallest absolute Gasteiger partial charge is 0.410 e. The maximum atomic E-state index is 12.2. The van der Waals surface area contributed by atoms with Crippen LogP contribution in [-0.4, -0.2) is 46.6 Å². The summed E-state index contributed by atoms with van der Waals surface area (Å²) in [4.78, 5) is 25.3. The van der Waals surface area contributed by atoms with Gasteiger partial charge in [-0.15, -0.1) is 0 Å². The molecule has 0 spiro atoms. The predicted octanol–water partition coefficient (Wildman–Crippen LogP) is 2.28. The molecule has 3 N–H and O–H groups in total. The Hall–Kier alpha value is -1.79. The zero-order valence-electron chi connectivity index (χ0n) is 14.6. The molecule has 0 aromatic rings. The van der Waals surface area contributed by atoms with Crippen molar-refractivity contribution < 1.29 is 19.1 Å². The average molecular weight is 315 g/mol. The van der Waals surface area contributed by atoms with Crippen LogP contribution in [-0.2, 0) is 14.3 Å². The molecule has 7 nitrogen and oxygen atoms in total. The lowest BCUT2D eigenvalue weighted by molar-refractivity contribution is -0.155. The van der Waals surface area contributed by atoms with E-state index in [-0.39, 0.29) is 18.8 Å². The fourth-order valence-electron chi connectivity index (χ4n) is 1.64. The van der Waals surface area contributed by atoms with Gasteiger partial charge in [0, 0.05) is 6.04 Å². The number of hydrogen-bond donors (Lipinski definition) is 2. The summed E-state index contributed by atoms with van der Waals surface area (Å²) in [5.74, 6) is -0.598. The highest BCUT2D eigenvalue weighted by molar-refractivity contribution is 5.83. The van der Waals surface area contributed by atoms with Crippen LogP contribution >= 0.6 is 0 Å². The molecule has 7 heteroatoms. The number of carbonyl (C=O) groups is 2. The second-order valence-electron chi connectivity index (χ2n) is 7.27. The van der Waals surface area contributed by atoms with Crippen LogP contribution in [0.5, 0.6) is 0 Å². The molecule has 0 saturated carbocycles. The van der Waals surface area contributed by atoms with E-state index in [4.69, 9.17) is 20.6 Å². The topological polar surface area (TPSA) is 106 Å². The molecule has 22 heavy (non-hydrogen) atoms. The van der Waals surface area contributed by atoms with E-state index in [2.05, 4.69) is 0 Å². The summed E-state index contributed by atoms with van der Waals surface area (Å²) in [5, 5.41) is 7.38. The average Bonchev–Trinajstić information content (AvgIpc) is 2.19. The fraction of sp³-hybridized carbons (Fsp3) is 0.800. The van der Waals surface area contributed by atoms with Crippen molar-refractivity contribution in [2.75, 3.05) is 6.54 Å². The van der Waals surface area contributed by atoms with Gasteiger partial charge in [0.1, 0.15) is 17.0 Å². The second kappa shape index (κ2) is 7.47. The Morgan fingerprint density at radius 2 is 1.55 bits per heavy atom. The maximum absolute atomic E-state index is 12.2. The van der Waals surface area contributed by atoms with Gasteiger partial charge in [0.2, 0.25) is 0 Å². The monoisotopic (exact) mass is 315 g/mol. The number of nitrogens with zero attached hydrogens (tertiary/aromatic N) is 1. The van der Waals surface area contributed by atoms with Crippen molar-refractivity contribution in [3.05, 3.63) is 0 Å². The van der Waals surface area contributed by atoms with E-state index >= 15 is 0 Å². The van der Waals surface area contributed by atoms with Crippen molar-refractivity contribution >= 4 is 17.9 Å². The molecule has 0 bridgehead atoms. The Kier molecular flexibility index (Phi) is 6.86. The van der Waals surface area contributed by atoms with E-state index in [1.807, 2.05) is 0 Å². The molecule has 128 valence electrons. The summed E-state index contributed by atoms with van der Waals surface area (Å²) in [6.07, 6.45) is -0.608. The predicted molar refractivity (Wildman–Crippen MR) is 84.8 cm³/mol. The quantitative estimate of drug-likeness (QED) is 0.460. The lowest BCUT2D eigenvalue weighted by Crippen LogP contribution is -2.47. The third-order valence-electron chi connectivity index (χ3n) is 2.38. The van der Waals surface area contributed by atoms with E-state index in [1.54, 1.807) is 48.5 Å². The van der Waals surface area contributed by atoms with Gasteiger partial charge in [-0.25, -0.2) is 4.79 Å². The van der Waals surface area contributed by atoms with Crippen molar-refractivity contribution in [3.63, 3.8) is 0 Å². The lowest BCUT2D eigenvalue weighted by atomic mass is 10.1. The highest BCUT2D eigenvalue weighted by Crippen LogP contribution is 2.15. The fourth-order valence-corrected chi connectivity index (χ4v) is 1.64. The van der Waals surface area contributed by atoms with Gasteiger partial charge in [-0.3, -0.25) is 15.1 Å². The molecule has 0 radical (unpaired) electrons. The van der Waals surface area contributed by atoms with Crippen LogP contribution in [0.1, 0.15) is 54.9 Å². The van der Waals surface area contributed by atoms with Crippen LogP contribution in [0.3, 0.4) is 0 Å². The van der Waals surface area contributed by atoms with Gasteiger partial charge in [0.05, 0.1) is 13.0 Å². The molecule has 0 heterocycles. The number of rotatable bonds is 5. The minimum Gasteiger partial charge on any atom is -0.460 e. The third-order valence-corrected chi connectivity index (χ3v) is 2.38. The van der Waals surface area contributed by atoms with E-state index in [0.29, 0.717) is 0 Å². The minimum atomic E-state index is -0.669. The number of amidine groups is 1. The summed E-state index contributed by atoms with van der Waals surface area (Å²) < 4.78 is 10.5. The summed E-state index contributed by atoms with van der Waals surface area (Å²) in [6.45, 7) is 12.2. The molecule has 0 fully saturated rings. The first kappa shape index (κ1) is 20.2. The van der Waals surface area contributed by atoms with Gasteiger partial charge in [-0.1, -0.05) is 0 Å². The summed E-state index contributed by atoms with van der Waals surface area (Å²) in [5.41, 5.74) is 4.12. The van der Waals surface area contributed by atoms with E-state index in [0.717, 1.165) is 0 Å². The van der Waals surface area contributed by atoms with E-state index < -0.39 is 29.3 Å². The van der Waals surface area contributed by atoms with Crippen LogP contribution in [0, 0.1) is 5.41 Å². The van der Waals surface area contributed by atoms with Gasteiger partial charge in [-0.2, -0.15) is 0 Å². The molecule has 0 aliphatic heterocycles. The Bertz CT molecular complexity index is 421. The Labute approximate surface area is 132 Å². The first-order valence-corrected chi connectivity index (χ1v) is 7.25. The lowest BCUT2D eigenvalue weighted by Gasteiger charge is -2.31. The van der Waals surface area contributed by atoms with Crippen LogP contribution in [0.4, 0.5) is 4.79 Å². The highest BCUT2D eigenvalue weighted by atomic mass is 16.6. The number of amides is 1. The summed E-state index contributed by atoms with van der Waals surface area (Å²) in [6, 6.07) is -0.492. The Morgan fingerprint density at radius 3 is 1.91 bits per heavy atom. The van der Waals surface area contributed by atoms with E-state index in [1.165, 1.54) is 4.90 Å². The van der Waals surface area contributed by atoms with Crippen LogP contribution in [0.15, 0.2) is 0 Å². The molecular formula is C15H29N3O4. The number of esters is 1. The molecule has 1 unspecified atom stereocenters. The van der Waals surface area contributed by atoms with Gasteiger partial charge < -0.3 is 15.2 Å².